The van der Waals surface area contributed by atoms with Crippen molar-refractivity contribution in [3.05, 3.63) is 0 Å². The summed E-state index contributed by atoms with van der Waals surface area (Å²) < 4.78 is 13.2. The molecule has 1 heterocycles. The molecule has 76 valence electrons. The van der Waals surface area contributed by atoms with Gasteiger partial charge in [-0.2, -0.15) is 0 Å². The Hall–Kier alpha value is -0.640. The zero-order valence-electron chi connectivity index (χ0n) is 7.87. The minimum atomic E-state index is -1.73. The van der Waals surface area contributed by atoms with Gasteiger partial charge in [0.15, 0.2) is 0 Å². The lowest BCUT2D eigenvalue weighted by molar-refractivity contribution is -0.139. The summed E-state index contributed by atoms with van der Waals surface area (Å²) in [5.74, 6) is -0.549. The van der Waals surface area contributed by atoms with Gasteiger partial charge in [0.2, 0.25) is 6.17 Å². The number of amides is 1. The van der Waals surface area contributed by atoms with Crippen molar-refractivity contribution < 1.29 is 14.3 Å². The molecule has 0 spiro atoms. The smallest absolute Gasteiger partial charge is 0.259 e. The first-order chi connectivity index (χ1) is 6.16. The van der Waals surface area contributed by atoms with Crippen molar-refractivity contribution >= 4 is 5.91 Å². The summed E-state index contributed by atoms with van der Waals surface area (Å²) in [4.78, 5) is 12.8. The van der Waals surface area contributed by atoms with E-state index in [1.54, 1.807) is 6.92 Å². The molecule has 0 aromatic carbocycles. The normalized spacial score (nSPS) is 21.6. The number of nitrogens with zero attached hydrogens (tertiary/aromatic N) is 1. The molecule has 1 rings (SSSR count). The minimum absolute atomic E-state index is 0.279. The van der Waals surface area contributed by atoms with Crippen LogP contribution in [0.1, 0.15) is 26.2 Å². The van der Waals surface area contributed by atoms with E-state index in [4.69, 9.17) is 5.11 Å². The van der Waals surface area contributed by atoms with E-state index in [0.717, 1.165) is 12.8 Å². The summed E-state index contributed by atoms with van der Waals surface area (Å²) in [6.07, 6.45) is -0.710. The number of alkyl halides is 1. The third kappa shape index (κ3) is 2.40. The number of aliphatic hydroxyl groups excluding tert-OH is 1. The molecule has 1 N–H and O–H groups in total. The van der Waals surface area contributed by atoms with Crippen molar-refractivity contribution in [1.29, 1.82) is 0 Å². The molecule has 0 aromatic heterocycles. The average Bonchev–Trinajstić information content (AvgIpc) is 2.67. The molecule has 2 atom stereocenters. The standard InChI is InChI=1S/C9H16FNO2/c1-2-7(12)8(10)9(13)11-5-3-4-6-11/h7-8,12H,2-6H2,1H3/t7-,8-/m1/s1. The van der Waals surface area contributed by atoms with Crippen molar-refractivity contribution in [1.82, 2.24) is 4.90 Å². The Kier molecular flexibility index (Phi) is 3.66. The average molecular weight is 189 g/mol. The third-order valence-corrected chi connectivity index (χ3v) is 2.41. The van der Waals surface area contributed by atoms with Gasteiger partial charge in [-0.1, -0.05) is 6.92 Å². The van der Waals surface area contributed by atoms with Crippen LogP contribution in [0.4, 0.5) is 4.39 Å². The van der Waals surface area contributed by atoms with Gasteiger partial charge in [0, 0.05) is 13.1 Å². The maximum atomic E-state index is 13.2. The molecule has 1 saturated heterocycles. The van der Waals surface area contributed by atoms with E-state index in [9.17, 15) is 9.18 Å². The molecule has 3 nitrogen and oxygen atoms in total. The number of carbonyl (C=O) groups excluding carboxylic acids is 1. The number of carbonyl (C=O) groups is 1. The first-order valence-electron chi connectivity index (χ1n) is 4.77. The van der Waals surface area contributed by atoms with Gasteiger partial charge in [-0.15, -0.1) is 0 Å². The third-order valence-electron chi connectivity index (χ3n) is 2.41. The van der Waals surface area contributed by atoms with Crippen LogP contribution >= 0.6 is 0 Å². The van der Waals surface area contributed by atoms with Gasteiger partial charge in [-0.3, -0.25) is 4.79 Å². The van der Waals surface area contributed by atoms with Gasteiger partial charge in [-0.05, 0) is 19.3 Å². The second-order valence-electron chi connectivity index (χ2n) is 3.41. The molecule has 1 aliphatic rings. The Bertz CT molecular complexity index is 180. The Balaban J connectivity index is 2.45. The zero-order valence-corrected chi connectivity index (χ0v) is 7.87. The minimum Gasteiger partial charge on any atom is -0.390 e. The molecule has 0 radical (unpaired) electrons. The monoisotopic (exact) mass is 189 g/mol. The van der Waals surface area contributed by atoms with Gasteiger partial charge >= 0.3 is 0 Å². The fourth-order valence-corrected chi connectivity index (χ4v) is 1.48. The van der Waals surface area contributed by atoms with Crippen molar-refractivity contribution in [2.75, 3.05) is 13.1 Å². The molecular formula is C9H16FNO2. The van der Waals surface area contributed by atoms with Crippen LogP contribution in [0.3, 0.4) is 0 Å². The molecule has 0 saturated carbocycles. The van der Waals surface area contributed by atoms with E-state index >= 15 is 0 Å². The second kappa shape index (κ2) is 4.56. The Labute approximate surface area is 77.5 Å². The molecular weight excluding hydrogens is 173 g/mol. The van der Waals surface area contributed by atoms with Crippen LogP contribution in [-0.2, 0) is 4.79 Å². The first-order valence-corrected chi connectivity index (χ1v) is 4.77. The SMILES string of the molecule is CC[C@@H](O)[C@@H](F)C(=O)N1CCCC1. The van der Waals surface area contributed by atoms with E-state index in [1.807, 2.05) is 0 Å². The maximum Gasteiger partial charge on any atom is 0.259 e. The summed E-state index contributed by atoms with van der Waals surface area (Å²) in [5, 5.41) is 9.13. The van der Waals surface area contributed by atoms with Crippen LogP contribution in [0, 0.1) is 0 Å². The van der Waals surface area contributed by atoms with E-state index in [2.05, 4.69) is 0 Å². The van der Waals surface area contributed by atoms with Gasteiger partial charge < -0.3 is 10.0 Å². The Morgan fingerprint density at radius 1 is 1.54 bits per heavy atom. The number of aliphatic hydroxyl groups is 1. The molecule has 0 aliphatic carbocycles. The van der Waals surface area contributed by atoms with Crippen LogP contribution < -0.4 is 0 Å². The summed E-state index contributed by atoms with van der Waals surface area (Å²) in [5.41, 5.74) is 0. The fraction of sp³-hybridized carbons (Fsp3) is 0.889. The predicted molar refractivity (Wildman–Crippen MR) is 47.0 cm³/mol. The number of hydrogen-bond donors (Lipinski definition) is 1. The van der Waals surface area contributed by atoms with E-state index in [0.29, 0.717) is 13.1 Å². The molecule has 0 unspecified atom stereocenters. The second-order valence-corrected chi connectivity index (χ2v) is 3.41. The topological polar surface area (TPSA) is 40.5 Å². The van der Waals surface area contributed by atoms with Crippen molar-refractivity contribution in [2.45, 2.75) is 38.5 Å². The highest BCUT2D eigenvalue weighted by molar-refractivity contribution is 5.81. The van der Waals surface area contributed by atoms with Crippen molar-refractivity contribution in [3.63, 3.8) is 0 Å². The van der Waals surface area contributed by atoms with Gasteiger partial charge in [0.1, 0.15) is 0 Å². The van der Waals surface area contributed by atoms with Crippen LogP contribution in [0.5, 0.6) is 0 Å². The lowest BCUT2D eigenvalue weighted by Crippen LogP contribution is -2.40. The summed E-state index contributed by atoms with van der Waals surface area (Å²) in [7, 11) is 0. The first kappa shape index (κ1) is 10.4. The quantitative estimate of drug-likeness (QED) is 0.710. The van der Waals surface area contributed by atoms with Crippen LogP contribution in [0.25, 0.3) is 0 Å². The van der Waals surface area contributed by atoms with Crippen molar-refractivity contribution in [3.8, 4) is 0 Å². The fourth-order valence-electron chi connectivity index (χ4n) is 1.48. The summed E-state index contributed by atoms with van der Waals surface area (Å²) in [6.45, 7) is 2.93. The Morgan fingerprint density at radius 2 is 2.08 bits per heavy atom. The molecule has 0 bridgehead atoms. The summed E-state index contributed by atoms with van der Waals surface area (Å²) >= 11 is 0. The molecule has 4 heteroatoms. The van der Waals surface area contributed by atoms with Crippen LogP contribution in [-0.4, -0.2) is 41.3 Å². The summed E-state index contributed by atoms with van der Waals surface area (Å²) in [6, 6.07) is 0. The highest BCUT2D eigenvalue weighted by Gasteiger charge is 2.30. The lowest BCUT2D eigenvalue weighted by atomic mass is 10.1. The maximum absolute atomic E-state index is 13.2. The number of hydrogen-bond acceptors (Lipinski definition) is 2. The van der Waals surface area contributed by atoms with Gasteiger partial charge in [-0.25, -0.2) is 4.39 Å². The molecule has 1 amide bonds. The number of halogens is 1. The number of likely N-dealkylation sites (tertiary alicyclic amines) is 1. The van der Waals surface area contributed by atoms with E-state index in [1.165, 1.54) is 4.90 Å². The molecule has 1 aliphatic heterocycles. The molecule has 1 fully saturated rings. The predicted octanol–water partition coefficient (Wildman–Crippen LogP) is 0.718. The van der Waals surface area contributed by atoms with E-state index in [-0.39, 0.29) is 6.42 Å². The van der Waals surface area contributed by atoms with Gasteiger partial charge in [0.05, 0.1) is 6.10 Å². The van der Waals surface area contributed by atoms with Crippen LogP contribution in [0.2, 0.25) is 0 Å². The largest absolute Gasteiger partial charge is 0.390 e. The lowest BCUT2D eigenvalue weighted by Gasteiger charge is -2.20. The Morgan fingerprint density at radius 3 is 2.54 bits per heavy atom. The highest BCUT2D eigenvalue weighted by Crippen LogP contribution is 2.13. The number of rotatable bonds is 3. The van der Waals surface area contributed by atoms with Crippen LogP contribution in [0.15, 0.2) is 0 Å². The highest BCUT2D eigenvalue weighted by atomic mass is 19.1. The van der Waals surface area contributed by atoms with Gasteiger partial charge in [0.25, 0.3) is 5.91 Å². The molecule has 13 heavy (non-hydrogen) atoms. The van der Waals surface area contributed by atoms with Crippen molar-refractivity contribution in [2.24, 2.45) is 0 Å². The van der Waals surface area contributed by atoms with E-state index < -0.39 is 18.2 Å². The molecule has 0 aromatic rings. The zero-order chi connectivity index (χ0) is 9.84.